The predicted molar refractivity (Wildman–Crippen MR) is 64.5 cm³/mol. The fourth-order valence-corrected chi connectivity index (χ4v) is 1.44. The molecule has 0 saturated heterocycles. The van der Waals surface area contributed by atoms with Gasteiger partial charge in [-0.25, -0.2) is 4.39 Å². The minimum Gasteiger partial charge on any atom is -0.347 e. The molecule has 1 aromatic rings. The lowest BCUT2D eigenvalue weighted by atomic mass is 10.2. The third-order valence-corrected chi connectivity index (χ3v) is 2.39. The summed E-state index contributed by atoms with van der Waals surface area (Å²) in [6.45, 7) is 3.83. The van der Waals surface area contributed by atoms with Crippen LogP contribution in [0.25, 0.3) is 0 Å². The summed E-state index contributed by atoms with van der Waals surface area (Å²) in [5.41, 5.74) is 0.0122. The molecule has 0 heterocycles. The summed E-state index contributed by atoms with van der Waals surface area (Å²) in [5, 5.41) is 2.52. The highest BCUT2D eigenvalue weighted by Gasteiger charge is 2.11. The molecule has 0 aromatic heterocycles. The molecular formula is C10H8Br2FNO. The number of rotatable bonds is 3. The summed E-state index contributed by atoms with van der Waals surface area (Å²) in [7, 11) is 0. The summed E-state index contributed by atoms with van der Waals surface area (Å²) in [6, 6.07) is 4.21. The first-order chi connectivity index (χ1) is 7.00. The Balaban J connectivity index is 2.81. The molecule has 0 aliphatic heterocycles. The van der Waals surface area contributed by atoms with Crippen LogP contribution in [0.3, 0.4) is 0 Å². The van der Waals surface area contributed by atoms with E-state index in [4.69, 9.17) is 0 Å². The Morgan fingerprint density at radius 2 is 2.20 bits per heavy atom. The Labute approximate surface area is 104 Å². The Bertz CT molecular complexity index is 406. The molecule has 80 valence electrons. The molecule has 1 amide bonds. The first kappa shape index (κ1) is 12.4. The summed E-state index contributed by atoms with van der Waals surface area (Å²) >= 11 is 6.27. The van der Waals surface area contributed by atoms with Gasteiger partial charge in [0.1, 0.15) is 5.82 Å². The maximum Gasteiger partial charge on any atom is 0.254 e. The molecule has 0 unspecified atom stereocenters. The fourth-order valence-electron chi connectivity index (χ4n) is 0.943. The van der Waals surface area contributed by atoms with Gasteiger partial charge in [-0.15, -0.1) is 0 Å². The minimum absolute atomic E-state index is 0.0122. The molecule has 0 aliphatic rings. The Kier molecular flexibility index (Phi) is 4.47. The smallest absolute Gasteiger partial charge is 0.254 e. The highest BCUT2D eigenvalue weighted by molar-refractivity contribution is 9.11. The summed E-state index contributed by atoms with van der Waals surface area (Å²) < 4.78 is 14.5. The molecule has 0 saturated carbocycles. The molecular weight excluding hydrogens is 329 g/mol. The highest BCUT2D eigenvalue weighted by atomic mass is 79.9. The lowest BCUT2D eigenvalue weighted by Gasteiger charge is -2.05. The van der Waals surface area contributed by atoms with Crippen molar-refractivity contribution in [2.24, 2.45) is 0 Å². The number of carbonyl (C=O) groups excluding carboxylic acids is 1. The van der Waals surface area contributed by atoms with E-state index in [1.165, 1.54) is 18.2 Å². The molecule has 0 bridgehead atoms. The zero-order chi connectivity index (χ0) is 11.4. The molecule has 0 radical (unpaired) electrons. The van der Waals surface area contributed by atoms with E-state index in [-0.39, 0.29) is 12.1 Å². The number of benzene rings is 1. The quantitative estimate of drug-likeness (QED) is 0.902. The van der Waals surface area contributed by atoms with Gasteiger partial charge in [-0.2, -0.15) is 0 Å². The number of nitrogens with one attached hydrogen (secondary N) is 1. The number of hydrogen-bond donors (Lipinski definition) is 1. The van der Waals surface area contributed by atoms with Crippen molar-refractivity contribution in [2.75, 3.05) is 6.54 Å². The van der Waals surface area contributed by atoms with E-state index < -0.39 is 11.7 Å². The van der Waals surface area contributed by atoms with E-state index in [1.54, 1.807) is 0 Å². The van der Waals surface area contributed by atoms with Crippen LogP contribution < -0.4 is 5.32 Å². The second-order valence-electron chi connectivity index (χ2n) is 2.82. The van der Waals surface area contributed by atoms with Gasteiger partial charge in [0.05, 0.1) is 5.56 Å². The van der Waals surface area contributed by atoms with Gasteiger partial charge in [0.25, 0.3) is 5.91 Å². The van der Waals surface area contributed by atoms with Gasteiger partial charge in [0, 0.05) is 15.5 Å². The zero-order valence-corrected chi connectivity index (χ0v) is 10.9. The number of amides is 1. The van der Waals surface area contributed by atoms with E-state index in [0.717, 1.165) is 0 Å². The van der Waals surface area contributed by atoms with Crippen LogP contribution in [0.2, 0.25) is 0 Å². The van der Waals surface area contributed by atoms with Crippen LogP contribution in [0.15, 0.2) is 33.7 Å². The van der Waals surface area contributed by atoms with Crippen molar-refractivity contribution in [3.63, 3.8) is 0 Å². The van der Waals surface area contributed by atoms with Crippen molar-refractivity contribution in [2.45, 2.75) is 0 Å². The van der Waals surface area contributed by atoms with Gasteiger partial charge in [0.15, 0.2) is 0 Å². The molecule has 0 spiro atoms. The van der Waals surface area contributed by atoms with E-state index in [2.05, 4.69) is 43.8 Å². The van der Waals surface area contributed by atoms with Gasteiger partial charge in [-0.1, -0.05) is 38.4 Å². The third kappa shape index (κ3) is 3.76. The van der Waals surface area contributed by atoms with Crippen molar-refractivity contribution in [1.29, 1.82) is 0 Å². The largest absolute Gasteiger partial charge is 0.347 e. The van der Waals surface area contributed by atoms with Gasteiger partial charge >= 0.3 is 0 Å². The summed E-state index contributed by atoms with van der Waals surface area (Å²) in [6.07, 6.45) is 0. The molecule has 0 fully saturated rings. The summed E-state index contributed by atoms with van der Waals surface area (Å²) in [5.74, 6) is -1.01. The average molecular weight is 337 g/mol. The van der Waals surface area contributed by atoms with Crippen LogP contribution in [-0.2, 0) is 0 Å². The minimum atomic E-state index is -0.545. The second-order valence-corrected chi connectivity index (χ2v) is 4.86. The lowest BCUT2D eigenvalue weighted by Crippen LogP contribution is -2.25. The van der Waals surface area contributed by atoms with Crippen LogP contribution in [0.4, 0.5) is 4.39 Å². The maximum atomic E-state index is 13.2. The molecule has 15 heavy (non-hydrogen) atoms. The monoisotopic (exact) mass is 335 g/mol. The van der Waals surface area contributed by atoms with Crippen molar-refractivity contribution in [1.82, 2.24) is 5.32 Å². The molecule has 1 N–H and O–H groups in total. The predicted octanol–water partition coefficient (Wildman–Crippen LogP) is 3.23. The molecule has 0 atom stereocenters. The Morgan fingerprint density at radius 1 is 1.53 bits per heavy atom. The maximum absolute atomic E-state index is 13.2. The van der Waals surface area contributed by atoms with Crippen LogP contribution >= 0.6 is 31.9 Å². The van der Waals surface area contributed by atoms with Crippen LogP contribution in [-0.4, -0.2) is 12.5 Å². The number of halogens is 3. The average Bonchev–Trinajstić information content (AvgIpc) is 2.18. The van der Waals surface area contributed by atoms with E-state index in [0.29, 0.717) is 8.96 Å². The van der Waals surface area contributed by atoms with Crippen molar-refractivity contribution in [3.05, 3.63) is 45.1 Å². The van der Waals surface area contributed by atoms with Gasteiger partial charge in [-0.05, 0) is 18.2 Å². The second kappa shape index (κ2) is 5.42. The third-order valence-electron chi connectivity index (χ3n) is 1.61. The first-order valence-corrected chi connectivity index (χ1v) is 5.66. The van der Waals surface area contributed by atoms with E-state index >= 15 is 0 Å². The fraction of sp³-hybridized carbons (Fsp3) is 0.100. The lowest BCUT2D eigenvalue weighted by molar-refractivity contribution is 0.0953. The highest BCUT2D eigenvalue weighted by Crippen LogP contribution is 2.15. The van der Waals surface area contributed by atoms with Gasteiger partial charge in [0.2, 0.25) is 0 Å². The van der Waals surface area contributed by atoms with Crippen LogP contribution in [0.5, 0.6) is 0 Å². The Morgan fingerprint density at radius 3 is 2.80 bits per heavy atom. The topological polar surface area (TPSA) is 29.1 Å². The molecule has 1 aromatic carbocycles. The van der Waals surface area contributed by atoms with Crippen molar-refractivity contribution in [3.8, 4) is 0 Å². The zero-order valence-electron chi connectivity index (χ0n) is 7.69. The number of carbonyl (C=O) groups is 1. The van der Waals surface area contributed by atoms with Crippen LogP contribution in [0.1, 0.15) is 10.4 Å². The van der Waals surface area contributed by atoms with Gasteiger partial charge < -0.3 is 5.32 Å². The standard InChI is InChI=1S/C10H8Br2FNO/c1-6(11)5-14-10(15)8-4-7(12)2-3-9(8)13/h2-4H,1,5H2,(H,14,15). The Hall–Kier alpha value is -0.680. The van der Waals surface area contributed by atoms with Crippen molar-refractivity contribution >= 4 is 37.8 Å². The van der Waals surface area contributed by atoms with Crippen molar-refractivity contribution < 1.29 is 9.18 Å². The van der Waals surface area contributed by atoms with E-state index in [9.17, 15) is 9.18 Å². The molecule has 2 nitrogen and oxygen atoms in total. The molecule has 5 heteroatoms. The SMILES string of the molecule is C=C(Br)CNC(=O)c1cc(Br)ccc1F. The number of hydrogen-bond acceptors (Lipinski definition) is 1. The first-order valence-electron chi connectivity index (χ1n) is 4.07. The molecule has 0 aliphatic carbocycles. The van der Waals surface area contributed by atoms with Gasteiger partial charge in [-0.3, -0.25) is 4.79 Å². The van der Waals surface area contributed by atoms with E-state index in [1.807, 2.05) is 0 Å². The normalized spacial score (nSPS) is 9.80. The molecule has 1 rings (SSSR count). The van der Waals surface area contributed by atoms with Crippen LogP contribution in [0, 0.1) is 5.82 Å². The summed E-state index contributed by atoms with van der Waals surface area (Å²) in [4.78, 5) is 11.5.